The minimum atomic E-state index is -1.34. The third-order valence-electron chi connectivity index (χ3n) is 2.15. The fraction of sp³-hybridized carbons (Fsp3) is 0. The molecule has 0 heterocycles. The molecule has 0 aromatic heterocycles. The molecule has 0 unspecified atom stereocenters. The van der Waals surface area contributed by atoms with Crippen LogP contribution >= 0.6 is 11.6 Å². The number of primary amides is 1. The minimum absolute atomic E-state index is 0.309. The van der Waals surface area contributed by atoms with Crippen molar-refractivity contribution in [1.82, 2.24) is 0 Å². The topological polar surface area (TPSA) is 116 Å². The molecule has 6 nitrogen and oxygen atoms in total. The fourth-order valence-electron chi connectivity index (χ4n) is 1.24. The van der Waals surface area contributed by atoms with Crippen molar-refractivity contribution in [2.24, 2.45) is 5.73 Å². The van der Waals surface area contributed by atoms with Crippen LogP contribution in [0.5, 0.6) is 0 Å². The Balaban J connectivity index is 3.19. The third-order valence-corrected chi connectivity index (χ3v) is 2.45. The van der Waals surface area contributed by atoms with E-state index < -0.39 is 17.4 Å². The van der Waals surface area contributed by atoms with Crippen LogP contribution in [0.25, 0.3) is 0 Å². The monoisotopic (exact) mass is 291 g/mol. The molecule has 1 aromatic carbocycles. The highest BCUT2D eigenvalue weighted by Gasteiger charge is 2.14. The molecule has 0 atom stereocenters. The smallest absolute Gasteiger partial charge is 0.353 e. The minimum Gasteiger partial charge on any atom is -0.477 e. The van der Waals surface area contributed by atoms with E-state index in [1.165, 1.54) is 6.07 Å². The van der Waals surface area contributed by atoms with Crippen LogP contribution in [0.4, 0.5) is 5.69 Å². The summed E-state index contributed by atoms with van der Waals surface area (Å²) in [5.41, 5.74) is 4.63. The Labute approximate surface area is 119 Å². The van der Waals surface area contributed by atoms with E-state index in [1.807, 2.05) is 0 Å². The zero-order chi connectivity index (χ0) is 15.1. The second-order valence-corrected chi connectivity index (χ2v) is 3.96. The van der Waals surface area contributed by atoms with Crippen molar-refractivity contribution in [3.8, 4) is 6.07 Å². The van der Waals surface area contributed by atoms with Crippen LogP contribution in [0.2, 0.25) is 0 Å². The first-order valence-corrected chi connectivity index (χ1v) is 5.70. The van der Waals surface area contributed by atoms with E-state index in [1.54, 1.807) is 30.3 Å². The molecule has 0 aliphatic heterocycles. The van der Waals surface area contributed by atoms with Gasteiger partial charge in [-0.15, -0.1) is 0 Å². The van der Waals surface area contributed by atoms with Gasteiger partial charge in [0.05, 0.1) is 5.03 Å². The number of allylic oxidation sites excluding steroid dienone is 2. The zero-order valence-electron chi connectivity index (χ0n) is 10.1. The Bertz CT molecular complexity index is 630. The van der Waals surface area contributed by atoms with E-state index in [9.17, 15) is 9.59 Å². The number of amides is 1. The molecule has 4 N–H and O–H groups in total. The molecule has 0 fully saturated rings. The van der Waals surface area contributed by atoms with Crippen LogP contribution in [0.1, 0.15) is 0 Å². The molecule has 1 rings (SSSR count). The molecule has 0 radical (unpaired) electrons. The number of anilines is 1. The number of nitrogens with one attached hydrogen (secondary N) is 1. The largest absolute Gasteiger partial charge is 0.477 e. The summed E-state index contributed by atoms with van der Waals surface area (Å²) in [6.07, 6.45) is 0.906. The Morgan fingerprint density at radius 3 is 2.40 bits per heavy atom. The number of benzene rings is 1. The molecule has 0 aliphatic carbocycles. The number of hydrogen-bond donors (Lipinski definition) is 3. The van der Waals surface area contributed by atoms with Crippen LogP contribution in [0.3, 0.4) is 0 Å². The van der Waals surface area contributed by atoms with Crippen molar-refractivity contribution in [2.45, 2.75) is 0 Å². The highest BCUT2D eigenvalue weighted by atomic mass is 35.5. The van der Waals surface area contributed by atoms with E-state index >= 15 is 0 Å². The van der Waals surface area contributed by atoms with Gasteiger partial charge in [0, 0.05) is 5.69 Å². The number of nitriles is 1. The Kier molecular flexibility index (Phi) is 5.32. The highest BCUT2D eigenvalue weighted by Crippen LogP contribution is 2.17. The lowest BCUT2D eigenvalue weighted by Crippen LogP contribution is -2.14. The van der Waals surface area contributed by atoms with Gasteiger partial charge in [0.15, 0.2) is 0 Å². The standard InChI is InChI=1S/C13H10ClN3O3/c14-10(6-8(7-15)12(16)18)11(13(19)20)17-9-4-2-1-3-5-9/h1-6,17H,(H2,16,18)(H,19,20). The Hall–Kier alpha value is -2.78. The SMILES string of the molecule is N#CC(=CC(Cl)=C(Nc1ccccc1)C(=O)O)C(N)=O. The molecule has 0 saturated heterocycles. The second kappa shape index (κ2) is 6.97. The summed E-state index contributed by atoms with van der Waals surface area (Å²) in [7, 11) is 0. The first-order chi connectivity index (χ1) is 9.45. The summed E-state index contributed by atoms with van der Waals surface area (Å²) in [4.78, 5) is 22.1. The number of aliphatic carboxylic acids is 1. The number of nitrogens with zero attached hydrogens (tertiary/aromatic N) is 1. The van der Waals surface area contributed by atoms with E-state index in [0.717, 1.165) is 6.08 Å². The molecule has 20 heavy (non-hydrogen) atoms. The van der Waals surface area contributed by atoms with Gasteiger partial charge in [-0.2, -0.15) is 5.26 Å². The van der Waals surface area contributed by atoms with Crippen molar-refractivity contribution in [2.75, 3.05) is 5.32 Å². The van der Waals surface area contributed by atoms with Gasteiger partial charge in [-0.05, 0) is 18.2 Å². The number of carboxylic acids is 1. The first-order valence-electron chi connectivity index (χ1n) is 5.32. The summed E-state index contributed by atoms with van der Waals surface area (Å²) >= 11 is 5.81. The van der Waals surface area contributed by atoms with Gasteiger partial charge in [0.25, 0.3) is 5.91 Å². The van der Waals surface area contributed by atoms with Crippen molar-refractivity contribution in [1.29, 1.82) is 5.26 Å². The number of halogens is 1. The van der Waals surface area contributed by atoms with E-state index in [0.29, 0.717) is 5.69 Å². The van der Waals surface area contributed by atoms with Gasteiger partial charge < -0.3 is 16.2 Å². The second-order valence-electron chi connectivity index (χ2n) is 3.55. The van der Waals surface area contributed by atoms with Crippen molar-refractivity contribution >= 4 is 29.2 Å². The highest BCUT2D eigenvalue weighted by molar-refractivity contribution is 6.34. The number of rotatable bonds is 5. The molecule has 0 bridgehead atoms. The summed E-state index contributed by atoms with van der Waals surface area (Å²) in [6, 6.07) is 9.98. The quantitative estimate of drug-likeness (QED) is 0.432. The van der Waals surface area contributed by atoms with Gasteiger partial charge in [-0.25, -0.2) is 4.79 Å². The van der Waals surface area contributed by atoms with Crippen LogP contribution in [-0.2, 0) is 9.59 Å². The predicted octanol–water partition coefficient (Wildman–Crippen LogP) is 1.57. The maximum Gasteiger partial charge on any atom is 0.353 e. The van der Waals surface area contributed by atoms with Crippen LogP contribution < -0.4 is 11.1 Å². The van der Waals surface area contributed by atoms with Gasteiger partial charge in [-0.1, -0.05) is 29.8 Å². The third kappa shape index (κ3) is 4.15. The normalized spacial score (nSPS) is 12.1. The molecular formula is C13H10ClN3O3. The maximum atomic E-state index is 11.2. The number of nitrogens with two attached hydrogens (primary N) is 1. The van der Waals surface area contributed by atoms with Gasteiger partial charge in [0.1, 0.15) is 17.3 Å². The summed E-state index contributed by atoms with van der Waals surface area (Å²) in [5, 5.41) is 20.1. The average Bonchev–Trinajstić information content (AvgIpc) is 2.42. The molecule has 0 saturated carbocycles. The van der Waals surface area contributed by atoms with Crippen LogP contribution in [0.15, 0.2) is 52.7 Å². The lowest BCUT2D eigenvalue weighted by Gasteiger charge is -2.08. The number of carbonyl (C=O) groups is 2. The fourth-order valence-corrected chi connectivity index (χ4v) is 1.48. The summed E-state index contributed by atoms with van der Waals surface area (Å²) < 4.78 is 0. The molecule has 1 amide bonds. The molecule has 7 heteroatoms. The molecular weight excluding hydrogens is 282 g/mol. The van der Waals surface area contributed by atoms with Crippen LogP contribution in [-0.4, -0.2) is 17.0 Å². The van der Waals surface area contributed by atoms with E-state index in [2.05, 4.69) is 5.32 Å². The van der Waals surface area contributed by atoms with Crippen molar-refractivity contribution in [3.05, 3.63) is 52.7 Å². The average molecular weight is 292 g/mol. The predicted molar refractivity (Wildman–Crippen MR) is 73.5 cm³/mol. The van der Waals surface area contributed by atoms with E-state index in [4.69, 9.17) is 27.7 Å². The summed E-state index contributed by atoms with van der Waals surface area (Å²) in [5.74, 6) is -2.33. The molecule has 0 spiro atoms. The number of carboxylic acid groups (broad SMARTS) is 1. The number of hydrogen-bond acceptors (Lipinski definition) is 4. The first kappa shape index (κ1) is 15.3. The number of para-hydroxylation sites is 1. The van der Waals surface area contributed by atoms with Crippen LogP contribution in [0, 0.1) is 11.3 Å². The Morgan fingerprint density at radius 2 is 1.95 bits per heavy atom. The van der Waals surface area contributed by atoms with Gasteiger partial charge >= 0.3 is 5.97 Å². The van der Waals surface area contributed by atoms with E-state index in [-0.39, 0.29) is 10.7 Å². The zero-order valence-corrected chi connectivity index (χ0v) is 10.9. The van der Waals surface area contributed by atoms with Crippen molar-refractivity contribution in [3.63, 3.8) is 0 Å². The molecule has 1 aromatic rings. The maximum absolute atomic E-state index is 11.2. The number of carbonyl (C=O) groups excluding carboxylic acids is 1. The molecule has 0 aliphatic rings. The lowest BCUT2D eigenvalue weighted by molar-refractivity contribution is -0.132. The lowest BCUT2D eigenvalue weighted by atomic mass is 10.2. The molecule has 102 valence electrons. The van der Waals surface area contributed by atoms with Crippen molar-refractivity contribution < 1.29 is 14.7 Å². The van der Waals surface area contributed by atoms with Gasteiger partial charge in [0.2, 0.25) is 0 Å². The Morgan fingerprint density at radius 1 is 1.35 bits per heavy atom. The summed E-state index contributed by atoms with van der Waals surface area (Å²) in [6.45, 7) is 0. The van der Waals surface area contributed by atoms with Gasteiger partial charge in [-0.3, -0.25) is 4.79 Å².